The van der Waals surface area contributed by atoms with E-state index in [1.165, 1.54) is 12.1 Å². The Labute approximate surface area is 167 Å². The number of piperazine rings is 1. The largest absolute Gasteiger partial charge is 0.484 e. The SMILES string of the molecule is Cl.O=C(COc1ccc(C(F)(F)F)cc1)N1CCCC(N2CCNCC2=O)C1. The molecule has 2 aliphatic heterocycles. The van der Waals surface area contributed by atoms with Crippen molar-refractivity contribution in [1.29, 1.82) is 0 Å². The van der Waals surface area contributed by atoms with E-state index in [2.05, 4.69) is 5.32 Å². The standard InChI is InChI=1S/C18H22F3N3O3.ClH/c19-18(20,21)13-3-5-15(6-4-13)27-12-17(26)23-8-1-2-14(11-23)24-9-7-22-10-16(24)25;/h3-6,14,22H,1-2,7-12H2;1H. The first kappa shape index (κ1) is 22.3. The second kappa shape index (κ2) is 9.47. The van der Waals surface area contributed by atoms with Crippen LogP contribution in [0.5, 0.6) is 5.75 Å². The summed E-state index contributed by atoms with van der Waals surface area (Å²) in [4.78, 5) is 27.9. The van der Waals surface area contributed by atoms with Gasteiger partial charge in [-0.25, -0.2) is 0 Å². The number of carbonyl (C=O) groups excluding carboxylic acids is 2. The van der Waals surface area contributed by atoms with Crippen molar-refractivity contribution in [3.8, 4) is 5.75 Å². The summed E-state index contributed by atoms with van der Waals surface area (Å²) in [6.45, 7) is 2.50. The third-order valence-electron chi connectivity index (χ3n) is 4.86. The number of carbonyl (C=O) groups is 2. The van der Waals surface area contributed by atoms with Crippen LogP contribution in [0, 0.1) is 0 Å². The second-order valence-corrected chi connectivity index (χ2v) is 6.71. The van der Waals surface area contributed by atoms with Crippen LogP contribution in [0.25, 0.3) is 0 Å². The number of ether oxygens (including phenoxy) is 1. The summed E-state index contributed by atoms with van der Waals surface area (Å²) in [5.74, 6) is 0.0194. The molecule has 0 bridgehead atoms. The maximum absolute atomic E-state index is 12.6. The van der Waals surface area contributed by atoms with Crippen LogP contribution in [0.4, 0.5) is 13.2 Å². The molecule has 2 amide bonds. The first-order valence-electron chi connectivity index (χ1n) is 8.92. The van der Waals surface area contributed by atoms with Crippen LogP contribution in [0.3, 0.4) is 0 Å². The molecule has 6 nitrogen and oxygen atoms in total. The van der Waals surface area contributed by atoms with Crippen molar-refractivity contribution >= 4 is 24.2 Å². The van der Waals surface area contributed by atoms with Crippen LogP contribution in [0.1, 0.15) is 18.4 Å². The van der Waals surface area contributed by atoms with Gasteiger partial charge in [0.25, 0.3) is 5.91 Å². The van der Waals surface area contributed by atoms with Gasteiger partial charge in [0.15, 0.2) is 6.61 Å². The van der Waals surface area contributed by atoms with E-state index in [0.29, 0.717) is 26.2 Å². The van der Waals surface area contributed by atoms with Crippen LogP contribution >= 0.6 is 12.4 Å². The summed E-state index contributed by atoms with van der Waals surface area (Å²) in [6, 6.07) is 4.26. The van der Waals surface area contributed by atoms with E-state index in [0.717, 1.165) is 31.5 Å². The maximum Gasteiger partial charge on any atom is 0.416 e. The molecule has 2 aliphatic rings. The molecule has 1 aromatic rings. The number of hydrogen-bond donors (Lipinski definition) is 1. The van der Waals surface area contributed by atoms with Gasteiger partial charge in [0, 0.05) is 32.2 Å². The highest BCUT2D eigenvalue weighted by Gasteiger charge is 2.32. The summed E-state index contributed by atoms with van der Waals surface area (Å²) >= 11 is 0. The fraction of sp³-hybridized carbons (Fsp3) is 0.556. The number of piperidine rings is 1. The lowest BCUT2D eigenvalue weighted by molar-refractivity contribution is -0.141. The predicted molar refractivity (Wildman–Crippen MR) is 98.4 cm³/mol. The number of halogens is 4. The molecule has 0 spiro atoms. The zero-order valence-electron chi connectivity index (χ0n) is 15.2. The first-order chi connectivity index (χ1) is 12.8. The number of nitrogens with one attached hydrogen (secondary N) is 1. The van der Waals surface area contributed by atoms with Crippen LogP contribution < -0.4 is 10.1 Å². The van der Waals surface area contributed by atoms with Crippen LogP contribution in [-0.4, -0.2) is 67.0 Å². The lowest BCUT2D eigenvalue weighted by atomic mass is 10.0. The molecule has 0 aromatic heterocycles. The third-order valence-corrected chi connectivity index (χ3v) is 4.86. The number of hydrogen-bond acceptors (Lipinski definition) is 4. The van der Waals surface area contributed by atoms with E-state index in [-0.39, 0.29) is 42.6 Å². The van der Waals surface area contributed by atoms with Crippen LogP contribution in [-0.2, 0) is 15.8 Å². The number of nitrogens with zero attached hydrogens (tertiary/aromatic N) is 2. The summed E-state index contributed by atoms with van der Waals surface area (Å²) in [6.07, 6.45) is -2.75. The van der Waals surface area contributed by atoms with Crippen LogP contribution in [0.2, 0.25) is 0 Å². The molecule has 1 unspecified atom stereocenters. The normalized spacial score (nSPS) is 20.5. The van der Waals surface area contributed by atoms with Crippen molar-refractivity contribution in [2.75, 3.05) is 39.3 Å². The van der Waals surface area contributed by atoms with Crippen molar-refractivity contribution in [3.05, 3.63) is 29.8 Å². The molecule has 2 saturated heterocycles. The molecule has 1 atom stereocenters. The van der Waals surface area contributed by atoms with Gasteiger partial charge in [0.1, 0.15) is 5.75 Å². The lowest BCUT2D eigenvalue weighted by Crippen LogP contribution is -2.57. The van der Waals surface area contributed by atoms with Gasteiger partial charge in [-0.3, -0.25) is 9.59 Å². The van der Waals surface area contributed by atoms with E-state index in [1.54, 1.807) is 4.90 Å². The minimum atomic E-state index is -4.40. The van der Waals surface area contributed by atoms with E-state index < -0.39 is 11.7 Å². The molecule has 2 fully saturated rings. The van der Waals surface area contributed by atoms with Gasteiger partial charge in [-0.1, -0.05) is 0 Å². The number of likely N-dealkylation sites (tertiary alicyclic amines) is 1. The van der Waals surface area contributed by atoms with Gasteiger partial charge in [-0.05, 0) is 37.1 Å². The average Bonchev–Trinajstić information content (AvgIpc) is 2.66. The fourth-order valence-electron chi connectivity index (χ4n) is 3.42. The smallest absolute Gasteiger partial charge is 0.416 e. The minimum absolute atomic E-state index is 0. The zero-order valence-corrected chi connectivity index (χ0v) is 16.0. The zero-order chi connectivity index (χ0) is 19.4. The Bertz CT molecular complexity index is 685. The molecule has 1 aromatic carbocycles. The molecule has 0 saturated carbocycles. The van der Waals surface area contributed by atoms with Gasteiger partial charge in [0.2, 0.25) is 5.91 Å². The van der Waals surface area contributed by atoms with Gasteiger partial charge in [-0.2, -0.15) is 13.2 Å². The second-order valence-electron chi connectivity index (χ2n) is 6.71. The minimum Gasteiger partial charge on any atom is -0.484 e. The topological polar surface area (TPSA) is 61.9 Å². The molecule has 28 heavy (non-hydrogen) atoms. The van der Waals surface area contributed by atoms with Crippen LogP contribution in [0.15, 0.2) is 24.3 Å². The lowest BCUT2D eigenvalue weighted by Gasteiger charge is -2.41. The molecule has 3 rings (SSSR count). The summed E-state index contributed by atoms with van der Waals surface area (Å²) < 4.78 is 43.0. The highest BCUT2D eigenvalue weighted by Crippen LogP contribution is 2.30. The quantitative estimate of drug-likeness (QED) is 0.807. The Morgan fingerprint density at radius 1 is 1.21 bits per heavy atom. The van der Waals surface area contributed by atoms with Crippen molar-refractivity contribution < 1.29 is 27.5 Å². The Morgan fingerprint density at radius 3 is 2.57 bits per heavy atom. The molecule has 2 heterocycles. The Kier molecular flexibility index (Phi) is 7.54. The molecule has 0 aliphatic carbocycles. The Hall–Kier alpha value is -2.00. The molecule has 10 heteroatoms. The molecular formula is C18H23ClF3N3O3. The van der Waals surface area contributed by atoms with E-state index >= 15 is 0 Å². The van der Waals surface area contributed by atoms with Crippen molar-refractivity contribution in [3.63, 3.8) is 0 Å². The summed E-state index contributed by atoms with van der Waals surface area (Å²) in [5.41, 5.74) is -0.763. The van der Waals surface area contributed by atoms with E-state index in [1.807, 2.05) is 4.90 Å². The maximum atomic E-state index is 12.6. The fourth-order valence-corrected chi connectivity index (χ4v) is 3.42. The molecule has 156 valence electrons. The van der Waals surface area contributed by atoms with Crippen molar-refractivity contribution in [2.45, 2.75) is 25.1 Å². The van der Waals surface area contributed by atoms with Gasteiger partial charge < -0.3 is 19.9 Å². The number of rotatable bonds is 4. The summed E-state index contributed by atoms with van der Waals surface area (Å²) in [5, 5.41) is 3.03. The summed E-state index contributed by atoms with van der Waals surface area (Å²) in [7, 11) is 0. The predicted octanol–water partition coefficient (Wildman–Crippen LogP) is 1.93. The Balaban J connectivity index is 0.00000280. The van der Waals surface area contributed by atoms with Crippen molar-refractivity contribution in [1.82, 2.24) is 15.1 Å². The highest BCUT2D eigenvalue weighted by atomic mass is 35.5. The molecular weight excluding hydrogens is 399 g/mol. The van der Waals surface area contributed by atoms with Gasteiger partial charge in [-0.15, -0.1) is 12.4 Å². The number of alkyl halides is 3. The third kappa shape index (κ3) is 5.51. The Morgan fingerprint density at radius 2 is 1.93 bits per heavy atom. The van der Waals surface area contributed by atoms with E-state index in [9.17, 15) is 22.8 Å². The van der Waals surface area contributed by atoms with E-state index in [4.69, 9.17) is 4.74 Å². The van der Waals surface area contributed by atoms with Gasteiger partial charge in [0.05, 0.1) is 12.1 Å². The highest BCUT2D eigenvalue weighted by molar-refractivity contribution is 5.85. The average molecular weight is 422 g/mol. The van der Waals surface area contributed by atoms with Gasteiger partial charge >= 0.3 is 6.18 Å². The number of benzene rings is 1. The van der Waals surface area contributed by atoms with Crippen molar-refractivity contribution in [2.24, 2.45) is 0 Å². The first-order valence-corrected chi connectivity index (χ1v) is 8.92. The number of amides is 2. The monoisotopic (exact) mass is 421 g/mol. The molecule has 1 N–H and O–H groups in total. The molecule has 0 radical (unpaired) electrons.